The maximum Gasteiger partial charge on any atom is 0.418 e. The van der Waals surface area contributed by atoms with Crippen LogP contribution in [-0.4, -0.2) is 12.2 Å². The molecule has 0 fully saturated rings. The predicted octanol–water partition coefficient (Wildman–Crippen LogP) is 4.85. The fourth-order valence-electron chi connectivity index (χ4n) is 3.12. The summed E-state index contributed by atoms with van der Waals surface area (Å²) in [6, 6.07) is 9.71. The molecule has 1 aliphatic heterocycles. The summed E-state index contributed by atoms with van der Waals surface area (Å²) in [4.78, 5) is 0. The minimum Gasteiger partial charge on any atom is -0.364 e. The van der Waals surface area contributed by atoms with Gasteiger partial charge >= 0.3 is 12.4 Å². The van der Waals surface area contributed by atoms with Gasteiger partial charge in [0.25, 0.3) is 0 Å². The van der Waals surface area contributed by atoms with Crippen LogP contribution in [-0.2, 0) is 18.8 Å². The molecule has 1 unspecified atom stereocenters. The number of benzene rings is 2. The maximum atomic E-state index is 13.2. The third kappa shape index (κ3) is 4.47. The van der Waals surface area contributed by atoms with Crippen molar-refractivity contribution in [3.63, 3.8) is 0 Å². The first-order valence-corrected chi connectivity index (χ1v) is 8.19. The van der Waals surface area contributed by atoms with Crippen LogP contribution in [0.5, 0.6) is 0 Å². The van der Waals surface area contributed by atoms with Crippen molar-refractivity contribution in [2.45, 2.75) is 37.4 Å². The Morgan fingerprint density at radius 3 is 2.19 bits per heavy atom. The Hall–Kier alpha value is -2.42. The zero-order chi connectivity index (χ0) is 19.8. The monoisotopic (exact) mass is 389 g/mol. The number of nitrogens with two attached hydrogens (primary N) is 1. The second kappa shape index (κ2) is 6.95. The Kier molecular flexibility index (Phi) is 4.98. The summed E-state index contributed by atoms with van der Waals surface area (Å²) in [6.45, 7) is 0. The van der Waals surface area contributed by atoms with Crippen LogP contribution in [0.4, 0.5) is 37.7 Å². The molecule has 9 heteroatoms. The molecule has 0 saturated heterocycles. The number of rotatable bonds is 4. The van der Waals surface area contributed by atoms with Crippen LogP contribution in [0.15, 0.2) is 42.5 Å². The summed E-state index contributed by atoms with van der Waals surface area (Å²) in [5.74, 6) is 0. The van der Waals surface area contributed by atoms with E-state index in [9.17, 15) is 26.3 Å². The lowest BCUT2D eigenvalue weighted by atomic mass is 10.0. The van der Waals surface area contributed by atoms with Gasteiger partial charge in [-0.3, -0.25) is 0 Å². The Balaban J connectivity index is 1.79. The average Bonchev–Trinajstić information content (AvgIpc) is 2.94. The molecular weight excluding hydrogens is 372 g/mol. The molecule has 0 spiro atoms. The lowest BCUT2D eigenvalue weighted by Gasteiger charge is -2.18. The van der Waals surface area contributed by atoms with Gasteiger partial charge in [0.1, 0.15) is 0 Å². The average molecular weight is 389 g/mol. The van der Waals surface area contributed by atoms with Gasteiger partial charge in [0.15, 0.2) is 0 Å². The first-order valence-electron chi connectivity index (χ1n) is 8.19. The molecule has 0 aromatic heterocycles. The van der Waals surface area contributed by atoms with Crippen LogP contribution in [0, 0.1) is 0 Å². The molecule has 0 aliphatic carbocycles. The van der Waals surface area contributed by atoms with Crippen LogP contribution in [0.3, 0.4) is 0 Å². The number of nitrogens with one attached hydrogen (secondary N) is 2. The lowest BCUT2D eigenvalue weighted by molar-refractivity contribution is -0.142. The van der Waals surface area contributed by atoms with Crippen molar-refractivity contribution in [3.8, 4) is 0 Å². The molecule has 27 heavy (non-hydrogen) atoms. The number of fused-ring (bicyclic) bond motifs is 1. The highest BCUT2D eigenvalue weighted by molar-refractivity contribution is 5.79. The summed E-state index contributed by atoms with van der Waals surface area (Å²) >= 11 is 0. The lowest BCUT2D eigenvalue weighted by Crippen LogP contribution is -2.34. The summed E-state index contributed by atoms with van der Waals surface area (Å²) in [5.41, 5.74) is 3.72. The molecule has 1 heterocycles. The quantitative estimate of drug-likeness (QED) is 0.656. The molecule has 2 atom stereocenters. The molecule has 0 saturated carbocycles. The van der Waals surface area contributed by atoms with E-state index in [-0.39, 0.29) is 29.9 Å². The molecule has 3 rings (SSSR count). The van der Waals surface area contributed by atoms with Gasteiger partial charge in [-0.25, -0.2) is 0 Å². The van der Waals surface area contributed by atoms with Crippen molar-refractivity contribution in [1.29, 1.82) is 0 Å². The molecule has 0 bridgehead atoms. The van der Waals surface area contributed by atoms with Gasteiger partial charge in [0, 0.05) is 12.5 Å². The normalized spacial score (nSPS) is 17.8. The Labute approximate surface area is 151 Å². The summed E-state index contributed by atoms with van der Waals surface area (Å²) < 4.78 is 78.5. The first kappa shape index (κ1) is 19.3. The minimum atomic E-state index is -4.92. The topological polar surface area (TPSA) is 50.1 Å². The van der Waals surface area contributed by atoms with Crippen LogP contribution in [0.25, 0.3) is 0 Å². The maximum absolute atomic E-state index is 13.2. The highest BCUT2D eigenvalue weighted by Gasteiger charge is 2.41. The van der Waals surface area contributed by atoms with Crippen LogP contribution < -0.4 is 16.4 Å². The van der Waals surface area contributed by atoms with Gasteiger partial charge < -0.3 is 16.4 Å². The van der Waals surface area contributed by atoms with Crippen LogP contribution in [0.2, 0.25) is 0 Å². The summed E-state index contributed by atoms with van der Waals surface area (Å²) in [5, 5.41) is 5.31. The van der Waals surface area contributed by atoms with E-state index in [0.29, 0.717) is 12.5 Å². The number of anilines is 2. The van der Waals surface area contributed by atoms with Crippen LogP contribution in [0.1, 0.15) is 23.1 Å². The summed E-state index contributed by atoms with van der Waals surface area (Å²) in [6.07, 6.45) is -9.75. The van der Waals surface area contributed by atoms with E-state index in [1.165, 1.54) is 0 Å². The number of halogens is 6. The Morgan fingerprint density at radius 2 is 1.59 bits per heavy atom. The highest BCUT2D eigenvalue weighted by Crippen LogP contribution is 2.45. The van der Waals surface area contributed by atoms with Crippen molar-refractivity contribution < 1.29 is 26.3 Å². The Morgan fingerprint density at radius 1 is 0.926 bits per heavy atom. The predicted molar refractivity (Wildman–Crippen MR) is 90.2 cm³/mol. The Bertz CT molecular complexity index is 801. The minimum absolute atomic E-state index is 0.125. The smallest absolute Gasteiger partial charge is 0.364 e. The summed E-state index contributed by atoms with van der Waals surface area (Å²) in [7, 11) is 0. The molecule has 0 radical (unpaired) electrons. The molecule has 3 nitrogen and oxygen atoms in total. The van der Waals surface area contributed by atoms with E-state index >= 15 is 0 Å². The van der Waals surface area contributed by atoms with Crippen LogP contribution >= 0.6 is 0 Å². The third-order valence-electron chi connectivity index (χ3n) is 4.30. The molecule has 2 aromatic carbocycles. The fraction of sp³-hybridized carbons (Fsp3) is 0.333. The number of hydrogen-bond acceptors (Lipinski definition) is 3. The highest BCUT2D eigenvalue weighted by atomic mass is 19.4. The molecular formula is C18H17F6N3. The zero-order valence-corrected chi connectivity index (χ0v) is 14.0. The van der Waals surface area contributed by atoms with E-state index in [1.54, 1.807) is 0 Å². The zero-order valence-electron chi connectivity index (χ0n) is 14.0. The van der Waals surface area contributed by atoms with Crippen molar-refractivity contribution in [1.82, 2.24) is 0 Å². The van der Waals surface area contributed by atoms with E-state index in [1.807, 2.05) is 30.3 Å². The van der Waals surface area contributed by atoms with E-state index in [4.69, 9.17) is 5.73 Å². The number of alkyl halides is 6. The molecule has 0 amide bonds. The van der Waals surface area contributed by atoms with Gasteiger partial charge in [0.05, 0.1) is 28.7 Å². The van der Waals surface area contributed by atoms with Crippen molar-refractivity contribution in [3.05, 3.63) is 59.2 Å². The van der Waals surface area contributed by atoms with Gasteiger partial charge in [-0.05, 0) is 24.1 Å². The SMILES string of the molecule is N[C@@H](Cc1ccccc1)CC1Nc2cc(C(F)(F)F)cc(C(F)(F)F)c2N1. The van der Waals surface area contributed by atoms with Gasteiger partial charge in [-0.15, -0.1) is 0 Å². The van der Waals surface area contributed by atoms with Gasteiger partial charge in [-0.1, -0.05) is 30.3 Å². The number of hydrogen-bond donors (Lipinski definition) is 3. The standard InChI is InChI=1S/C18H17F6N3/c19-17(20,21)11-7-13(18(22,23)24)16-14(8-11)26-15(27-16)9-12(25)6-10-4-2-1-3-5-10/h1-5,7-8,12,15,26-27H,6,9,25H2/t12-,15?/m0/s1. The molecule has 146 valence electrons. The third-order valence-corrected chi connectivity index (χ3v) is 4.30. The second-order valence-electron chi connectivity index (χ2n) is 6.47. The van der Waals surface area contributed by atoms with Gasteiger partial charge in [0.2, 0.25) is 0 Å². The van der Waals surface area contributed by atoms with Crippen molar-refractivity contribution in [2.75, 3.05) is 10.6 Å². The van der Waals surface area contributed by atoms with Crippen molar-refractivity contribution >= 4 is 11.4 Å². The molecule has 4 N–H and O–H groups in total. The van der Waals surface area contributed by atoms with Crippen molar-refractivity contribution in [2.24, 2.45) is 5.73 Å². The second-order valence-corrected chi connectivity index (χ2v) is 6.47. The van der Waals surface area contributed by atoms with E-state index in [0.717, 1.165) is 5.56 Å². The van der Waals surface area contributed by atoms with E-state index < -0.39 is 29.6 Å². The fourth-order valence-corrected chi connectivity index (χ4v) is 3.12. The van der Waals surface area contributed by atoms with Gasteiger partial charge in [-0.2, -0.15) is 26.3 Å². The largest absolute Gasteiger partial charge is 0.418 e. The molecule has 1 aliphatic rings. The first-order chi connectivity index (χ1) is 12.5. The molecule has 2 aromatic rings. The van der Waals surface area contributed by atoms with E-state index in [2.05, 4.69) is 10.6 Å².